The maximum absolute atomic E-state index is 11.8. The number of hydrogen-bond donors (Lipinski definition) is 1. The van der Waals surface area contributed by atoms with Crippen LogP contribution in [0, 0.1) is 0 Å². The quantitative estimate of drug-likeness (QED) is 0.551. The van der Waals surface area contributed by atoms with Gasteiger partial charge >= 0.3 is 6.09 Å². The molecular weight excluding hydrogens is 394 g/mol. The standard InChI is InChI=1S/C24H27N3O4/c28-24(29)27(15-18-7-3-1-4-8-18)21-13-11-20(12-14-21)23-26-25-22(31-23)17-30-16-19-9-5-2-6-10-19/h1-10,20-21H,11-17H2,(H,28,29)/t20-,21-. The minimum absolute atomic E-state index is 0.00514. The molecule has 1 aliphatic carbocycles. The van der Waals surface area contributed by atoms with E-state index in [0.29, 0.717) is 24.9 Å². The van der Waals surface area contributed by atoms with E-state index in [4.69, 9.17) is 9.15 Å². The van der Waals surface area contributed by atoms with Gasteiger partial charge < -0.3 is 19.2 Å². The summed E-state index contributed by atoms with van der Waals surface area (Å²) < 4.78 is 11.5. The van der Waals surface area contributed by atoms with E-state index in [0.717, 1.165) is 36.8 Å². The van der Waals surface area contributed by atoms with Gasteiger partial charge in [-0.25, -0.2) is 4.79 Å². The first-order valence-electron chi connectivity index (χ1n) is 10.7. The normalized spacial score (nSPS) is 18.6. The van der Waals surface area contributed by atoms with Crippen molar-refractivity contribution < 1.29 is 19.1 Å². The van der Waals surface area contributed by atoms with E-state index in [1.54, 1.807) is 4.90 Å². The summed E-state index contributed by atoms with van der Waals surface area (Å²) in [6, 6.07) is 19.7. The van der Waals surface area contributed by atoms with Crippen molar-refractivity contribution in [1.82, 2.24) is 15.1 Å². The molecule has 3 aromatic rings. The van der Waals surface area contributed by atoms with Crippen molar-refractivity contribution >= 4 is 6.09 Å². The zero-order valence-corrected chi connectivity index (χ0v) is 17.4. The van der Waals surface area contributed by atoms with Crippen LogP contribution in [-0.2, 0) is 24.5 Å². The number of amides is 1. The largest absolute Gasteiger partial charge is 0.465 e. The smallest absolute Gasteiger partial charge is 0.407 e. The minimum Gasteiger partial charge on any atom is -0.465 e. The number of nitrogens with zero attached hydrogens (tertiary/aromatic N) is 3. The lowest BCUT2D eigenvalue weighted by molar-refractivity contribution is 0.0867. The fourth-order valence-corrected chi connectivity index (χ4v) is 4.09. The molecule has 1 aliphatic rings. The van der Waals surface area contributed by atoms with Gasteiger partial charge in [0.1, 0.15) is 6.61 Å². The van der Waals surface area contributed by atoms with Crippen molar-refractivity contribution in [3.05, 3.63) is 83.6 Å². The highest BCUT2D eigenvalue weighted by atomic mass is 16.5. The SMILES string of the molecule is O=C(O)N(Cc1ccccc1)[C@H]1CC[C@H](c2nnc(COCc3ccccc3)o2)CC1. The van der Waals surface area contributed by atoms with Crippen LogP contribution in [0.2, 0.25) is 0 Å². The van der Waals surface area contributed by atoms with Crippen molar-refractivity contribution in [3.8, 4) is 0 Å². The Morgan fingerprint density at radius 3 is 2.23 bits per heavy atom. The molecule has 162 valence electrons. The summed E-state index contributed by atoms with van der Waals surface area (Å²) in [5.74, 6) is 1.27. The van der Waals surface area contributed by atoms with E-state index in [9.17, 15) is 9.90 Å². The highest BCUT2D eigenvalue weighted by molar-refractivity contribution is 5.65. The predicted octanol–water partition coefficient (Wildman–Crippen LogP) is 4.99. The van der Waals surface area contributed by atoms with Crippen LogP contribution in [0.1, 0.15) is 54.5 Å². The third kappa shape index (κ3) is 5.70. The van der Waals surface area contributed by atoms with E-state index >= 15 is 0 Å². The van der Waals surface area contributed by atoms with Crippen LogP contribution in [0.25, 0.3) is 0 Å². The van der Waals surface area contributed by atoms with Gasteiger partial charge in [0.05, 0.1) is 6.61 Å². The minimum atomic E-state index is -0.872. The molecule has 0 radical (unpaired) electrons. The molecule has 0 spiro atoms. The molecule has 0 unspecified atom stereocenters. The fourth-order valence-electron chi connectivity index (χ4n) is 4.09. The summed E-state index contributed by atoms with van der Waals surface area (Å²) in [5.41, 5.74) is 2.10. The maximum atomic E-state index is 11.8. The summed E-state index contributed by atoms with van der Waals surface area (Å²) in [4.78, 5) is 13.4. The zero-order valence-electron chi connectivity index (χ0n) is 17.4. The molecule has 0 atom stereocenters. The monoisotopic (exact) mass is 421 g/mol. The molecular formula is C24H27N3O4. The molecule has 0 bridgehead atoms. The van der Waals surface area contributed by atoms with Gasteiger partial charge in [0.2, 0.25) is 11.8 Å². The maximum Gasteiger partial charge on any atom is 0.407 e. The summed E-state index contributed by atoms with van der Waals surface area (Å²) in [6.07, 6.45) is 2.35. The molecule has 0 saturated heterocycles. The van der Waals surface area contributed by atoms with E-state index in [1.807, 2.05) is 60.7 Å². The molecule has 7 nitrogen and oxygen atoms in total. The van der Waals surface area contributed by atoms with Crippen molar-refractivity contribution in [2.24, 2.45) is 0 Å². The number of benzene rings is 2. The van der Waals surface area contributed by atoms with Crippen LogP contribution in [-0.4, -0.2) is 32.3 Å². The second-order valence-corrected chi connectivity index (χ2v) is 7.91. The Labute approximate surface area is 181 Å². The average molecular weight is 421 g/mol. The number of aromatic nitrogens is 2. The van der Waals surface area contributed by atoms with Gasteiger partial charge in [0.25, 0.3) is 0 Å². The summed E-state index contributed by atoms with van der Waals surface area (Å²) >= 11 is 0. The van der Waals surface area contributed by atoms with Crippen LogP contribution >= 0.6 is 0 Å². The molecule has 0 aliphatic heterocycles. The molecule has 1 saturated carbocycles. The molecule has 7 heteroatoms. The second-order valence-electron chi connectivity index (χ2n) is 7.91. The Morgan fingerprint density at radius 2 is 1.58 bits per heavy atom. The van der Waals surface area contributed by atoms with E-state index < -0.39 is 6.09 Å². The van der Waals surface area contributed by atoms with Crippen molar-refractivity contribution in [1.29, 1.82) is 0 Å². The first-order valence-corrected chi connectivity index (χ1v) is 10.7. The van der Waals surface area contributed by atoms with Crippen molar-refractivity contribution in [2.45, 2.75) is 57.4 Å². The van der Waals surface area contributed by atoms with E-state index in [1.165, 1.54) is 0 Å². The highest BCUT2D eigenvalue weighted by Crippen LogP contribution is 2.34. The predicted molar refractivity (Wildman–Crippen MR) is 114 cm³/mol. The van der Waals surface area contributed by atoms with Crippen LogP contribution in [0.3, 0.4) is 0 Å². The van der Waals surface area contributed by atoms with Gasteiger partial charge in [-0.3, -0.25) is 0 Å². The summed E-state index contributed by atoms with van der Waals surface area (Å²) in [5, 5.41) is 18.0. The highest BCUT2D eigenvalue weighted by Gasteiger charge is 2.31. The third-order valence-corrected chi connectivity index (χ3v) is 5.75. The number of hydrogen-bond acceptors (Lipinski definition) is 5. The Bertz CT molecular complexity index is 953. The molecule has 4 rings (SSSR count). The van der Waals surface area contributed by atoms with Crippen LogP contribution in [0.5, 0.6) is 0 Å². The summed E-state index contributed by atoms with van der Waals surface area (Å²) in [7, 11) is 0. The molecule has 1 amide bonds. The molecule has 2 aromatic carbocycles. The zero-order chi connectivity index (χ0) is 21.5. The van der Waals surface area contributed by atoms with Gasteiger partial charge in [-0.05, 0) is 36.8 Å². The molecule has 1 N–H and O–H groups in total. The fraction of sp³-hybridized carbons (Fsp3) is 0.375. The number of rotatable bonds is 8. The van der Waals surface area contributed by atoms with Gasteiger partial charge in [-0.15, -0.1) is 10.2 Å². The van der Waals surface area contributed by atoms with Gasteiger partial charge in [0, 0.05) is 18.5 Å². The van der Waals surface area contributed by atoms with Crippen LogP contribution in [0.4, 0.5) is 4.79 Å². The number of carbonyl (C=O) groups is 1. The van der Waals surface area contributed by atoms with Crippen molar-refractivity contribution in [3.63, 3.8) is 0 Å². The Balaban J connectivity index is 1.27. The van der Waals surface area contributed by atoms with Gasteiger partial charge in [0.15, 0.2) is 0 Å². The lowest BCUT2D eigenvalue weighted by Crippen LogP contribution is -2.40. The second kappa shape index (κ2) is 10.2. The first-order chi connectivity index (χ1) is 15.2. The lowest BCUT2D eigenvalue weighted by Gasteiger charge is -2.34. The number of ether oxygens (including phenoxy) is 1. The topological polar surface area (TPSA) is 88.7 Å². The van der Waals surface area contributed by atoms with Crippen LogP contribution < -0.4 is 0 Å². The number of carboxylic acid groups (broad SMARTS) is 1. The van der Waals surface area contributed by atoms with Gasteiger partial charge in [-0.2, -0.15) is 0 Å². The molecule has 31 heavy (non-hydrogen) atoms. The average Bonchev–Trinajstić information content (AvgIpc) is 3.28. The summed E-state index contributed by atoms with van der Waals surface area (Å²) in [6.45, 7) is 1.19. The van der Waals surface area contributed by atoms with E-state index in [2.05, 4.69) is 10.2 Å². The lowest BCUT2D eigenvalue weighted by atomic mass is 9.85. The first kappa shape index (κ1) is 21.1. The van der Waals surface area contributed by atoms with Crippen LogP contribution in [0.15, 0.2) is 65.1 Å². The Kier molecular flexibility index (Phi) is 6.94. The van der Waals surface area contributed by atoms with E-state index in [-0.39, 0.29) is 18.6 Å². The van der Waals surface area contributed by atoms with Gasteiger partial charge in [-0.1, -0.05) is 60.7 Å². The third-order valence-electron chi connectivity index (χ3n) is 5.75. The molecule has 1 fully saturated rings. The molecule has 1 heterocycles. The molecule has 1 aromatic heterocycles. The van der Waals surface area contributed by atoms with Crippen molar-refractivity contribution in [2.75, 3.05) is 0 Å². The Morgan fingerprint density at radius 1 is 0.935 bits per heavy atom. The Hall–Kier alpha value is -3.19.